The SMILES string of the molecule is NCc1cccc(Oc2ccc([N+](=O)[O-])c(F)c2)c1. The molecule has 2 aromatic carbocycles. The second kappa shape index (κ2) is 5.45. The van der Waals surface area contributed by atoms with E-state index in [4.69, 9.17) is 10.5 Å². The molecule has 19 heavy (non-hydrogen) atoms. The highest BCUT2D eigenvalue weighted by molar-refractivity contribution is 5.40. The minimum atomic E-state index is -0.933. The summed E-state index contributed by atoms with van der Waals surface area (Å²) in [5, 5.41) is 10.5. The van der Waals surface area contributed by atoms with E-state index in [1.54, 1.807) is 18.2 Å². The summed E-state index contributed by atoms with van der Waals surface area (Å²) in [6.45, 7) is 0.367. The predicted molar refractivity (Wildman–Crippen MR) is 67.5 cm³/mol. The van der Waals surface area contributed by atoms with Gasteiger partial charge in [-0.25, -0.2) is 0 Å². The van der Waals surface area contributed by atoms with Gasteiger partial charge in [0.05, 0.1) is 4.92 Å². The van der Waals surface area contributed by atoms with Gasteiger partial charge in [0.2, 0.25) is 5.82 Å². The number of rotatable bonds is 4. The molecule has 0 aliphatic carbocycles. The molecule has 0 amide bonds. The van der Waals surface area contributed by atoms with Crippen LogP contribution in [0.5, 0.6) is 11.5 Å². The van der Waals surface area contributed by atoms with Crippen LogP contribution in [-0.4, -0.2) is 4.92 Å². The zero-order chi connectivity index (χ0) is 13.8. The zero-order valence-corrected chi connectivity index (χ0v) is 9.88. The summed E-state index contributed by atoms with van der Waals surface area (Å²) in [5.41, 5.74) is 5.79. The van der Waals surface area contributed by atoms with Gasteiger partial charge in [-0.2, -0.15) is 4.39 Å². The van der Waals surface area contributed by atoms with Crippen LogP contribution in [0.25, 0.3) is 0 Å². The van der Waals surface area contributed by atoms with Gasteiger partial charge in [0, 0.05) is 18.7 Å². The first-order chi connectivity index (χ1) is 9.10. The van der Waals surface area contributed by atoms with Gasteiger partial charge in [0.15, 0.2) is 0 Å². The average molecular weight is 262 g/mol. The second-order valence-electron chi connectivity index (χ2n) is 3.82. The lowest BCUT2D eigenvalue weighted by atomic mass is 10.2. The first-order valence-electron chi connectivity index (χ1n) is 5.51. The van der Waals surface area contributed by atoms with Crippen molar-refractivity contribution in [3.8, 4) is 11.5 Å². The number of hydrogen-bond acceptors (Lipinski definition) is 4. The van der Waals surface area contributed by atoms with Gasteiger partial charge in [0.25, 0.3) is 0 Å². The second-order valence-corrected chi connectivity index (χ2v) is 3.82. The number of nitrogens with zero attached hydrogens (tertiary/aromatic N) is 1. The summed E-state index contributed by atoms with van der Waals surface area (Å²) >= 11 is 0. The average Bonchev–Trinajstić information content (AvgIpc) is 2.38. The third kappa shape index (κ3) is 3.05. The lowest BCUT2D eigenvalue weighted by Crippen LogP contribution is -1.96. The number of ether oxygens (including phenoxy) is 1. The Morgan fingerprint density at radius 2 is 1.95 bits per heavy atom. The van der Waals surface area contributed by atoms with Crippen molar-refractivity contribution in [3.63, 3.8) is 0 Å². The number of hydrogen-bond donors (Lipinski definition) is 1. The van der Waals surface area contributed by atoms with Crippen molar-refractivity contribution in [2.45, 2.75) is 6.54 Å². The Balaban J connectivity index is 2.23. The van der Waals surface area contributed by atoms with Crippen LogP contribution in [0.3, 0.4) is 0 Å². The summed E-state index contributed by atoms with van der Waals surface area (Å²) < 4.78 is 18.8. The van der Waals surface area contributed by atoms with Crippen LogP contribution in [0.1, 0.15) is 5.56 Å². The molecule has 0 unspecified atom stereocenters. The first kappa shape index (κ1) is 13.0. The number of nitrogens with two attached hydrogens (primary N) is 1. The van der Waals surface area contributed by atoms with E-state index in [0.717, 1.165) is 17.7 Å². The third-order valence-electron chi connectivity index (χ3n) is 2.49. The molecular weight excluding hydrogens is 251 g/mol. The van der Waals surface area contributed by atoms with Crippen molar-refractivity contribution in [2.75, 3.05) is 0 Å². The zero-order valence-electron chi connectivity index (χ0n) is 9.88. The van der Waals surface area contributed by atoms with Gasteiger partial charge in [-0.15, -0.1) is 0 Å². The maximum Gasteiger partial charge on any atom is 0.305 e. The van der Waals surface area contributed by atoms with Gasteiger partial charge in [-0.3, -0.25) is 10.1 Å². The Morgan fingerprint density at radius 1 is 1.21 bits per heavy atom. The monoisotopic (exact) mass is 262 g/mol. The fraction of sp³-hybridized carbons (Fsp3) is 0.0769. The van der Waals surface area contributed by atoms with E-state index in [1.807, 2.05) is 6.07 Å². The van der Waals surface area contributed by atoms with E-state index in [-0.39, 0.29) is 5.75 Å². The van der Waals surface area contributed by atoms with Crippen LogP contribution in [0.2, 0.25) is 0 Å². The molecule has 2 aromatic rings. The molecule has 0 fully saturated rings. The molecule has 2 rings (SSSR count). The minimum Gasteiger partial charge on any atom is -0.457 e. The van der Waals surface area contributed by atoms with Gasteiger partial charge in [-0.1, -0.05) is 12.1 Å². The Morgan fingerprint density at radius 3 is 2.58 bits per heavy atom. The van der Waals surface area contributed by atoms with Crippen molar-refractivity contribution in [1.29, 1.82) is 0 Å². The van der Waals surface area contributed by atoms with Gasteiger partial charge >= 0.3 is 5.69 Å². The molecule has 0 heterocycles. The van der Waals surface area contributed by atoms with Crippen LogP contribution in [0.15, 0.2) is 42.5 Å². The van der Waals surface area contributed by atoms with Gasteiger partial charge in [-0.05, 0) is 23.8 Å². The molecule has 0 bridgehead atoms. The normalized spacial score (nSPS) is 10.2. The maximum atomic E-state index is 13.4. The highest BCUT2D eigenvalue weighted by atomic mass is 19.1. The quantitative estimate of drug-likeness (QED) is 0.678. The Kier molecular flexibility index (Phi) is 3.72. The van der Waals surface area contributed by atoms with Crippen LogP contribution < -0.4 is 10.5 Å². The lowest BCUT2D eigenvalue weighted by Gasteiger charge is -2.07. The van der Waals surface area contributed by atoms with Gasteiger partial charge in [0.1, 0.15) is 11.5 Å². The van der Waals surface area contributed by atoms with Crippen molar-refractivity contribution < 1.29 is 14.1 Å². The smallest absolute Gasteiger partial charge is 0.305 e. The molecule has 0 aliphatic heterocycles. The number of nitro groups is 1. The molecule has 0 aromatic heterocycles. The van der Waals surface area contributed by atoms with E-state index in [9.17, 15) is 14.5 Å². The largest absolute Gasteiger partial charge is 0.457 e. The highest BCUT2D eigenvalue weighted by Gasteiger charge is 2.14. The van der Waals surface area contributed by atoms with Crippen molar-refractivity contribution >= 4 is 5.69 Å². The summed E-state index contributed by atoms with van der Waals surface area (Å²) in [4.78, 5) is 9.70. The molecule has 0 aliphatic rings. The Bertz CT molecular complexity index is 617. The van der Waals surface area contributed by atoms with Crippen molar-refractivity contribution in [3.05, 3.63) is 64.0 Å². The van der Waals surface area contributed by atoms with E-state index in [1.165, 1.54) is 6.07 Å². The molecule has 0 radical (unpaired) electrons. The highest BCUT2D eigenvalue weighted by Crippen LogP contribution is 2.26. The third-order valence-corrected chi connectivity index (χ3v) is 2.49. The molecule has 2 N–H and O–H groups in total. The summed E-state index contributed by atoms with van der Waals surface area (Å²) in [6, 6.07) is 10.4. The molecule has 0 atom stereocenters. The fourth-order valence-electron chi connectivity index (χ4n) is 1.57. The predicted octanol–water partition coefficient (Wildman–Crippen LogP) is 2.98. The lowest BCUT2D eigenvalue weighted by molar-refractivity contribution is -0.387. The molecule has 0 spiro atoms. The van der Waals surface area contributed by atoms with E-state index in [0.29, 0.717) is 12.3 Å². The maximum absolute atomic E-state index is 13.4. The topological polar surface area (TPSA) is 78.4 Å². The molecule has 6 heteroatoms. The van der Waals surface area contributed by atoms with Crippen LogP contribution in [0.4, 0.5) is 10.1 Å². The standard InChI is InChI=1S/C13H11FN2O3/c14-12-7-11(4-5-13(12)16(17)18)19-10-3-1-2-9(6-10)8-15/h1-7H,8,15H2. The van der Waals surface area contributed by atoms with Crippen LogP contribution >= 0.6 is 0 Å². The van der Waals surface area contributed by atoms with Crippen LogP contribution in [-0.2, 0) is 6.54 Å². The molecular formula is C13H11FN2O3. The first-order valence-corrected chi connectivity index (χ1v) is 5.51. The Labute approximate surface area is 108 Å². The van der Waals surface area contributed by atoms with E-state index < -0.39 is 16.4 Å². The van der Waals surface area contributed by atoms with Gasteiger partial charge < -0.3 is 10.5 Å². The molecule has 98 valence electrons. The summed E-state index contributed by atoms with van der Waals surface area (Å²) in [7, 11) is 0. The molecule has 5 nitrogen and oxygen atoms in total. The summed E-state index contributed by atoms with van der Waals surface area (Å²) in [5.74, 6) is -0.244. The fourth-order valence-corrected chi connectivity index (χ4v) is 1.57. The van der Waals surface area contributed by atoms with E-state index >= 15 is 0 Å². The minimum absolute atomic E-state index is 0.192. The molecule has 0 saturated carbocycles. The van der Waals surface area contributed by atoms with Crippen molar-refractivity contribution in [2.24, 2.45) is 5.73 Å². The van der Waals surface area contributed by atoms with E-state index in [2.05, 4.69) is 0 Å². The summed E-state index contributed by atoms with van der Waals surface area (Å²) in [6.07, 6.45) is 0. The number of halogens is 1. The number of nitro benzene ring substituents is 1. The van der Waals surface area contributed by atoms with Crippen molar-refractivity contribution in [1.82, 2.24) is 0 Å². The Hall–Kier alpha value is -2.47. The number of benzene rings is 2. The van der Waals surface area contributed by atoms with Crippen LogP contribution in [0, 0.1) is 15.9 Å². The molecule has 0 saturated heterocycles.